The van der Waals surface area contributed by atoms with Gasteiger partial charge in [-0.2, -0.15) is 0 Å². The molecule has 4 fully saturated rings. The second-order valence-electron chi connectivity index (χ2n) is 16.0. The van der Waals surface area contributed by atoms with Gasteiger partial charge in [0, 0.05) is 51.4 Å². The van der Waals surface area contributed by atoms with E-state index in [-0.39, 0.29) is 12.2 Å². The number of hydrogen-bond donors (Lipinski definition) is 1. The molecule has 1 N–H and O–H groups in total. The first-order chi connectivity index (χ1) is 24.7. The van der Waals surface area contributed by atoms with Gasteiger partial charge in [0.2, 0.25) is 0 Å². The van der Waals surface area contributed by atoms with Gasteiger partial charge in [-0.15, -0.1) is 0 Å². The van der Waals surface area contributed by atoms with Crippen molar-refractivity contribution in [2.45, 2.75) is 131 Å². The highest BCUT2D eigenvalue weighted by atomic mass is 16.5. The molecule has 6 rings (SSSR count). The third-order valence-electron chi connectivity index (χ3n) is 11.2. The molecule has 0 aliphatic carbocycles. The Morgan fingerprint density at radius 1 is 0.549 bits per heavy atom. The Hall–Kier alpha value is -2.16. The van der Waals surface area contributed by atoms with Gasteiger partial charge in [0.05, 0.1) is 12.2 Å². The van der Waals surface area contributed by atoms with E-state index in [1.54, 1.807) is 0 Å². The first kappa shape index (κ1) is 41.6. The van der Waals surface area contributed by atoms with Crippen molar-refractivity contribution < 1.29 is 9.47 Å². The number of nitrogens with one attached hydrogen (secondary N) is 1. The topological polar surface area (TPSA) is 43.5 Å². The molecule has 4 aliphatic rings. The highest BCUT2D eigenvalue weighted by Crippen LogP contribution is 2.31. The summed E-state index contributed by atoms with van der Waals surface area (Å²) in [6, 6.07) is 18.8. The lowest BCUT2D eigenvalue weighted by Gasteiger charge is -2.43. The van der Waals surface area contributed by atoms with Crippen molar-refractivity contribution in [3.63, 3.8) is 0 Å². The van der Waals surface area contributed by atoms with Crippen molar-refractivity contribution in [3.05, 3.63) is 59.7 Å². The van der Waals surface area contributed by atoms with Gasteiger partial charge in [0.25, 0.3) is 0 Å². The van der Waals surface area contributed by atoms with Crippen LogP contribution < -0.4 is 14.8 Å². The predicted molar refractivity (Wildman–Crippen MR) is 216 cm³/mol. The van der Waals surface area contributed by atoms with E-state index >= 15 is 0 Å². The number of piperazine rings is 1. The van der Waals surface area contributed by atoms with E-state index in [1.165, 1.54) is 115 Å². The Kier molecular flexibility index (Phi) is 18.1. The fourth-order valence-electron chi connectivity index (χ4n) is 8.37. The number of rotatable bonds is 11. The fourth-order valence-corrected chi connectivity index (χ4v) is 8.37. The van der Waals surface area contributed by atoms with E-state index in [9.17, 15) is 0 Å². The van der Waals surface area contributed by atoms with Crippen LogP contribution in [0.5, 0.6) is 11.5 Å². The quantitative estimate of drug-likeness (QED) is 0.253. The van der Waals surface area contributed by atoms with Crippen molar-refractivity contribution in [3.8, 4) is 11.5 Å². The minimum atomic E-state index is 0.238. The Morgan fingerprint density at radius 3 is 1.37 bits per heavy atom. The number of likely N-dealkylation sites (tertiary alicyclic amines) is 2. The summed E-state index contributed by atoms with van der Waals surface area (Å²) in [4.78, 5) is 10.6. The predicted octanol–water partition coefficient (Wildman–Crippen LogP) is 8.18. The van der Waals surface area contributed by atoms with Gasteiger partial charge >= 0.3 is 0 Å². The molecule has 4 aliphatic heterocycles. The minimum absolute atomic E-state index is 0.238. The second-order valence-corrected chi connectivity index (χ2v) is 16.0. The summed E-state index contributed by atoms with van der Waals surface area (Å²) in [5, 5.41) is 3.49. The molecule has 0 bridgehead atoms. The van der Waals surface area contributed by atoms with Gasteiger partial charge in [0.15, 0.2) is 0 Å². The molecule has 0 radical (unpaired) electrons. The minimum Gasteiger partial charge on any atom is -0.491 e. The number of piperidine rings is 3. The lowest BCUT2D eigenvalue weighted by atomic mass is 9.79. The summed E-state index contributed by atoms with van der Waals surface area (Å²) in [5.74, 6) is 3.90. The highest BCUT2D eigenvalue weighted by molar-refractivity contribution is 5.28. The van der Waals surface area contributed by atoms with Crippen molar-refractivity contribution in [2.24, 2.45) is 11.8 Å². The number of benzene rings is 2. The molecule has 0 aromatic heterocycles. The molecule has 0 amide bonds. The Morgan fingerprint density at radius 2 is 0.961 bits per heavy atom. The lowest BCUT2D eigenvalue weighted by molar-refractivity contribution is 0.0471. The van der Waals surface area contributed by atoms with E-state index in [4.69, 9.17) is 9.47 Å². The zero-order valence-electron chi connectivity index (χ0n) is 33.9. The van der Waals surface area contributed by atoms with Gasteiger partial charge in [0.1, 0.15) is 11.5 Å². The summed E-state index contributed by atoms with van der Waals surface area (Å²) in [7, 11) is 0. The highest BCUT2D eigenvalue weighted by Gasteiger charge is 2.29. The van der Waals surface area contributed by atoms with Crippen LogP contribution in [0.3, 0.4) is 0 Å². The van der Waals surface area contributed by atoms with Crippen LogP contribution in [-0.2, 0) is 13.1 Å². The van der Waals surface area contributed by atoms with Crippen molar-refractivity contribution in [2.75, 3.05) is 65.4 Å². The van der Waals surface area contributed by atoms with Crippen LogP contribution in [-0.4, -0.2) is 109 Å². The molecule has 0 unspecified atom stereocenters. The molecule has 7 nitrogen and oxygen atoms in total. The molecule has 288 valence electrons. The monoisotopic (exact) mass is 706 g/mol. The smallest absolute Gasteiger partial charge is 0.119 e. The first-order valence-corrected chi connectivity index (χ1v) is 20.9. The lowest BCUT2D eigenvalue weighted by Crippen LogP contribution is -2.54. The number of ether oxygens (including phenoxy) is 2. The van der Waals surface area contributed by atoms with Crippen LogP contribution in [0.25, 0.3) is 0 Å². The Bertz CT molecular complexity index is 1170. The Balaban J connectivity index is 0.000000220. The summed E-state index contributed by atoms with van der Waals surface area (Å²) in [6.45, 7) is 31.5. The van der Waals surface area contributed by atoms with E-state index in [1.807, 2.05) is 13.8 Å². The average molecular weight is 706 g/mol. The third-order valence-corrected chi connectivity index (χ3v) is 11.2. The van der Waals surface area contributed by atoms with Gasteiger partial charge in [-0.25, -0.2) is 0 Å². The first-order valence-electron chi connectivity index (χ1n) is 20.9. The zero-order valence-corrected chi connectivity index (χ0v) is 33.9. The molecule has 4 heterocycles. The second kappa shape index (κ2) is 22.1. The van der Waals surface area contributed by atoms with Gasteiger partial charge < -0.3 is 14.8 Å². The summed E-state index contributed by atoms with van der Waals surface area (Å²) in [5.41, 5.74) is 2.80. The number of nitrogens with zero attached hydrogens (tertiary/aromatic N) is 4. The van der Waals surface area contributed by atoms with Crippen molar-refractivity contribution >= 4 is 0 Å². The third kappa shape index (κ3) is 14.3. The maximum absolute atomic E-state index is 5.74. The molecule has 0 atom stereocenters. The van der Waals surface area contributed by atoms with Crippen LogP contribution in [0.2, 0.25) is 0 Å². The zero-order chi connectivity index (χ0) is 36.6. The molecule has 4 saturated heterocycles. The van der Waals surface area contributed by atoms with Gasteiger partial charge in [-0.3, -0.25) is 19.6 Å². The largest absolute Gasteiger partial charge is 0.491 e. The molecule has 51 heavy (non-hydrogen) atoms. The Labute approximate surface area is 313 Å². The summed E-state index contributed by atoms with van der Waals surface area (Å²) >= 11 is 0. The van der Waals surface area contributed by atoms with Crippen LogP contribution in [0.15, 0.2) is 48.5 Å². The normalized spacial score (nSPS) is 20.9. The van der Waals surface area contributed by atoms with E-state index < -0.39 is 0 Å². The maximum atomic E-state index is 5.74. The fraction of sp³-hybridized carbons (Fsp3) is 0.727. The van der Waals surface area contributed by atoms with E-state index in [2.05, 4.69) is 115 Å². The standard InChI is InChI=1S/C22H37N3O.C20H32N2O.C2H6/c1-18(2)24-13-15-25(16-14-24)21-9-11-23(12-10-21)17-20-5-7-22(8-6-20)26-19(3)4;1-16(2)23-20-5-3-17(4-6-20)15-22-13-9-19(10-14-22)18-7-11-21-12-8-18;1-2/h5-8,18-19,21H,9-17H2,1-4H3;3-6,16,18-19,21H,7-15H2,1-2H3;1-2H3. The van der Waals surface area contributed by atoms with E-state index in [0.29, 0.717) is 6.04 Å². The SMILES string of the molecule is CC.CC(C)Oc1ccc(CN2CCC(C3CCNCC3)CC2)cc1.CC(C)Oc1ccc(CN2CCC(N3CCN(C(C)C)CC3)CC2)cc1. The molecule has 0 saturated carbocycles. The number of hydrogen-bond acceptors (Lipinski definition) is 7. The molecule has 7 heteroatoms. The van der Waals surface area contributed by atoms with E-state index in [0.717, 1.165) is 42.5 Å². The van der Waals surface area contributed by atoms with Crippen molar-refractivity contribution in [1.82, 2.24) is 24.9 Å². The molecular formula is C44H75N5O2. The summed E-state index contributed by atoms with van der Waals surface area (Å²) in [6.07, 6.45) is 8.67. The van der Waals surface area contributed by atoms with Crippen LogP contribution in [0.1, 0.15) is 105 Å². The van der Waals surface area contributed by atoms with Crippen LogP contribution in [0, 0.1) is 11.8 Å². The van der Waals surface area contributed by atoms with Gasteiger partial charge in [-0.1, -0.05) is 38.1 Å². The molecule has 0 spiro atoms. The maximum Gasteiger partial charge on any atom is 0.119 e. The summed E-state index contributed by atoms with van der Waals surface area (Å²) < 4.78 is 11.5. The van der Waals surface area contributed by atoms with Gasteiger partial charge in [-0.05, 0) is 167 Å². The van der Waals surface area contributed by atoms with Crippen LogP contribution in [0.4, 0.5) is 0 Å². The molecule has 2 aromatic rings. The van der Waals surface area contributed by atoms with Crippen LogP contribution >= 0.6 is 0 Å². The molecular weight excluding hydrogens is 631 g/mol. The van der Waals surface area contributed by atoms with Crippen molar-refractivity contribution in [1.29, 1.82) is 0 Å². The molecule has 2 aromatic carbocycles. The average Bonchev–Trinajstić information content (AvgIpc) is 3.15.